The number of aromatic nitrogens is 2. The molecule has 11 heavy (non-hydrogen) atoms. The smallest absolute Gasteiger partial charge is 0.132 e. The fourth-order valence-corrected chi connectivity index (χ4v) is 1.43. The van der Waals surface area contributed by atoms with Gasteiger partial charge in [-0.1, -0.05) is 0 Å². The van der Waals surface area contributed by atoms with E-state index in [0.717, 1.165) is 24.8 Å². The van der Waals surface area contributed by atoms with Crippen LogP contribution in [0.3, 0.4) is 0 Å². The molecule has 0 saturated heterocycles. The Balaban J connectivity index is 2.43. The Labute approximate surface area is 65.0 Å². The van der Waals surface area contributed by atoms with E-state index < -0.39 is 0 Å². The molecular formula is C8H10N2O. The Kier molecular flexibility index (Phi) is 1.16. The van der Waals surface area contributed by atoms with Crippen molar-refractivity contribution in [1.29, 1.82) is 0 Å². The van der Waals surface area contributed by atoms with Crippen molar-refractivity contribution in [1.82, 2.24) is 9.78 Å². The van der Waals surface area contributed by atoms with Gasteiger partial charge in [0, 0.05) is 13.2 Å². The van der Waals surface area contributed by atoms with Gasteiger partial charge in [0.05, 0.1) is 11.1 Å². The molecule has 0 amide bonds. The van der Waals surface area contributed by atoms with E-state index in [4.69, 9.17) is 0 Å². The molecule has 0 aliphatic heterocycles. The quantitative estimate of drug-likeness (QED) is 0.580. The van der Waals surface area contributed by atoms with Gasteiger partial charge in [0.15, 0.2) is 0 Å². The van der Waals surface area contributed by atoms with Crippen LogP contribution < -0.4 is 0 Å². The Morgan fingerprint density at radius 3 is 2.82 bits per heavy atom. The van der Waals surface area contributed by atoms with Crippen molar-refractivity contribution in [3.63, 3.8) is 0 Å². The molecule has 0 unspecified atom stereocenters. The summed E-state index contributed by atoms with van der Waals surface area (Å²) in [5.41, 5.74) is 0.873. The van der Waals surface area contributed by atoms with Crippen LogP contribution in [0, 0.1) is 0 Å². The van der Waals surface area contributed by atoms with E-state index in [1.807, 2.05) is 13.1 Å². The van der Waals surface area contributed by atoms with Gasteiger partial charge in [-0.05, 0) is 18.9 Å². The molecule has 3 nitrogen and oxygen atoms in total. The van der Waals surface area contributed by atoms with Gasteiger partial charge in [-0.3, -0.25) is 4.68 Å². The first-order valence-corrected chi connectivity index (χ1v) is 3.73. The zero-order valence-electron chi connectivity index (χ0n) is 6.45. The number of hydrogen-bond donors (Lipinski definition) is 0. The normalized spacial score (nSPS) is 19.7. The molecule has 1 aromatic heterocycles. The lowest BCUT2D eigenvalue weighted by Gasteiger charge is -2.05. The lowest BCUT2D eigenvalue weighted by atomic mass is 10.1. The van der Waals surface area contributed by atoms with Gasteiger partial charge in [-0.25, -0.2) is 0 Å². The van der Waals surface area contributed by atoms with E-state index in [9.17, 15) is 4.79 Å². The van der Waals surface area contributed by atoms with Crippen molar-refractivity contribution in [2.24, 2.45) is 7.05 Å². The number of nitrogens with zero attached hydrogens (tertiary/aromatic N) is 2. The predicted molar refractivity (Wildman–Crippen MR) is 40.2 cm³/mol. The predicted octanol–water partition coefficient (Wildman–Crippen LogP) is 0.651. The summed E-state index contributed by atoms with van der Waals surface area (Å²) in [6.07, 6.45) is 4.75. The molecule has 0 bridgehead atoms. The van der Waals surface area contributed by atoms with E-state index in [2.05, 4.69) is 5.10 Å². The van der Waals surface area contributed by atoms with E-state index in [1.165, 1.54) is 0 Å². The summed E-state index contributed by atoms with van der Waals surface area (Å²) in [4.78, 5) is 10.7. The topological polar surface area (TPSA) is 34.9 Å². The summed E-state index contributed by atoms with van der Waals surface area (Å²) in [5.74, 6) is 0. The molecule has 1 aliphatic carbocycles. The van der Waals surface area contributed by atoms with Gasteiger partial charge in [-0.15, -0.1) is 0 Å². The Bertz CT molecular complexity index is 286. The molecule has 0 spiro atoms. The minimum absolute atomic E-state index is 0.175. The highest BCUT2D eigenvalue weighted by Gasteiger charge is 2.46. The number of hydrogen-bond acceptors (Lipinski definition) is 2. The summed E-state index contributed by atoms with van der Waals surface area (Å²) in [6, 6.07) is 1.92. The summed E-state index contributed by atoms with van der Waals surface area (Å²) < 4.78 is 1.78. The van der Waals surface area contributed by atoms with Crippen molar-refractivity contribution < 1.29 is 4.79 Å². The molecular weight excluding hydrogens is 140 g/mol. The SMILES string of the molecule is Cn1nccc1C1(C=O)CC1. The fourth-order valence-electron chi connectivity index (χ4n) is 1.43. The third-order valence-electron chi connectivity index (χ3n) is 2.35. The van der Waals surface area contributed by atoms with E-state index in [0.29, 0.717) is 0 Å². The molecule has 0 aromatic carbocycles. The molecule has 0 atom stereocenters. The number of aryl methyl sites for hydroxylation is 1. The molecule has 1 fully saturated rings. The van der Waals surface area contributed by atoms with Crippen LogP contribution in [-0.2, 0) is 17.3 Å². The second-order valence-corrected chi connectivity index (χ2v) is 3.11. The maximum absolute atomic E-state index is 10.7. The van der Waals surface area contributed by atoms with Crippen LogP contribution in [0.4, 0.5) is 0 Å². The van der Waals surface area contributed by atoms with Gasteiger partial charge in [0.2, 0.25) is 0 Å². The number of carbonyl (C=O) groups excluding carboxylic acids is 1. The highest BCUT2D eigenvalue weighted by atomic mass is 16.1. The molecule has 1 aromatic rings. The van der Waals surface area contributed by atoms with Gasteiger partial charge >= 0.3 is 0 Å². The third-order valence-corrected chi connectivity index (χ3v) is 2.35. The highest BCUT2D eigenvalue weighted by Crippen LogP contribution is 2.45. The summed E-state index contributed by atoms with van der Waals surface area (Å²) in [7, 11) is 1.87. The van der Waals surface area contributed by atoms with E-state index in [-0.39, 0.29) is 5.41 Å². The second-order valence-electron chi connectivity index (χ2n) is 3.11. The lowest BCUT2D eigenvalue weighted by Crippen LogP contribution is -2.13. The van der Waals surface area contributed by atoms with Gasteiger partial charge < -0.3 is 4.79 Å². The molecule has 0 N–H and O–H groups in total. The first-order chi connectivity index (χ1) is 5.28. The van der Waals surface area contributed by atoms with Gasteiger partial charge in [0.1, 0.15) is 6.29 Å². The summed E-state index contributed by atoms with van der Waals surface area (Å²) >= 11 is 0. The van der Waals surface area contributed by atoms with Crippen LogP contribution in [0.25, 0.3) is 0 Å². The van der Waals surface area contributed by atoms with Crippen LogP contribution in [0.5, 0.6) is 0 Å². The van der Waals surface area contributed by atoms with Crippen molar-refractivity contribution in [3.8, 4) is 0 Å². The highest BCUT2D eigenvalue weighted by molar-refractivity contribution is 5.71. The minimum Gasteiger partial charge on any atom is -0.302 e. The van der Waals surface area contributed by atoms with Crippen molar-refractivity contribution in [2.75, 3.05) is 0 Å². The lowest BCUT2D eigenvalue weighted by molar-refractivity contribution is -0.110. The Hall–Kier alpha value is -1.12. The molecule has 1 saturated carbocycles. The first-order valence-electron chi connectivity index (χ1n) is 3.73. The van der Waals surface area contributed by atoms with Crippen molar-refractivity contribution >= 4 is 6.29 Å². The monoisotopic (exact) mass is 150 g/mol. The fraction of sp³-hybridized carbons (Fsp3) is 0.500. The maximum Gasteiger partial charge on any atom is 0.132 e. The zero-order valence-corrected chi connectivity index (χ0v) is 6.45. The minimum atomic E-state index is -0.175. The first kappa shape index (κ1) is 6.58. The second kappa shape index (κ2) is 1.94. The van der Waals surface area contributed by atoms with E-state index >= 15 is 0 Å². The van der Waals surface area contributed by atoms with Crippen LogP contribution >= 0.6 is 0 Å². The standard InChI is InChI=1S/C8H10N2O/c1-10-7(2-5-9-10)8(6-11)3-4-8/h2,5-6H,3-4H2,1H3. The molecule has 1 aliphatic rings. The third kappa shape index (κ3) is 0.803. The van der Waals surface area contributed by atoms with Gasteiger partial charge in [0.25, 0.3) is 0 Å². The van der Waals surface area contributed by atoms with Crippen LogP contribution in [0.15, 0.2) is 12.3 Å². The number of carbonyl (C=O) groups is 1. The molecule has 2 rings (SSSR count). The van der Waals surface area contributed by atoms with E-state index in [1.54, 1.807) is 10.9 Å². The Morgan fingerprint density at radius 1 is 1.73 bits per heavy atom. The number of aldehydes is 1. The molecule has 58 valence electrons. The largest absolute Gasteiger partial charge is 0.302 e. The zero-order chi connectivity index (χ0) is 7.90. The maximum atomic E-state index is 10.7. The van der Waals surface area contributed by atoms with Crippen molar-refractivity contribution in [3.05, 3.63) is 18.0 Å². The number of rotatable bonds is 2. The van der Waals surface area contributed by atoms with Crippen LogP contribution in [-0.4, -0.2) is 16.1 Å². The average molecular weight is 150 g/mol. The molecule has 0 radical (unpaired) electrons. The Morgan fingerprint density at radius 2 is 2.45 bits per heavy atom. The summed E-state index contributed by atoms with van der Waals surface area (Å²) in [5, 5.41) is 4.03. The average Bonchev–Trinajstić information content (AvgIpc) is 2.70. The van der Waals surface area contributed by atoms with Crippen LogP contribution in [0.1, 0.15) is 18.5 Å². The van der Waals surface area contributed by atoms with Crippen LogP contribution in [0.2, 0.25) is 0 Å². The summed E-state index contributed by atoms with van der Waals surface area (Å²) in [6.45, 7) is 0. The molecule has 1 heterocycles. The van der Waals surface area contributed by atoms with Crippen molar-refractivity contribution in [2.45, 2.75) is 18.3 Å². The molecule has 3 heteroatoms. The van der Waals surface area contributed by atoms with Gasteiger partial charge in [-0.2, -0.15) is 5.10 Å².